The smallest absolute Gasteiger partial charge is 0.234 e. The molecule has 1 N–H and O–H groups in total. The SMILES string of the molecule is CCC(C)c1ccccc1NC(=O)CSc1nnc(-c2ccc(Cl)cc2)n1-c1ccccc1C(C)C. The highest BCUT2D eigenvalue weighted by Gasteiger charge is 2.20. The topological polar surface area (TPSA) is 59.8 Å². The van der Waals surface area contributed by atoms with E-state index in [1.165, 1.54) is 17.3 Å². The Labute approximate surface area is 222 Å². The van der Waals surface area contributed by atoms with E-state index in [0.717, 1.165) is 28.9 Å². The van der Waals surface area contributed by atoms with Crippen molar-refractivity contribution in [3.63, 3.8) is 0 Å². The van der Waals surface area contributed by atoms with Gasteiger partial charge in [0, 0.05) is 16.3 Å². The second kappa shape index (κ2) is 11.8. The van der Waals surface area contributed by atoms with Crippen molar-refractivity contribution in [1.82, 2.24) is 14.8 Å². The van der Waals surface area contributed by atoms with Gasteiger partial charge in [0.1, 0.15) is 0 Å². The van der Waals surface area contributed by atoms with Gasteiger partial charge in [0.25, 0.3) is 0 Å². The van der Waals surface area contributed by atoms with E-state index >= 15 is 0 Å². The summed E-state index contributed by atoms with van der Waals surface area (Å²) in [5, 5.41) is 13.4. The third-order valence-corrected chi connectivity index (χ3v) is 7.43. The van der Waals surface area contributed by atoms with Crippen LogP contribution in [0, 0.1) is 0 Å². The van der Waals surface area contributed by atoms with Crippen molar-refractivity contribution in [3.8, 4) is 17.1 Å². The third-order valence-electron chi connectivity index (χ3n) is 6.25. The number of halogens is 1. The fraction of sp³-hybridized carbons (Fsp3) is 0.276. The number of carbonyl (C=O) groups is 1. The maximum atomic E-state index is 13.0. The number of benzene rings is 3. The molecule has 0 fully saturated rings. The molecule has 1 atom stereocenters. The third kappa shape index (κ3) is 5.82. The van der Waals surface area contributed by atoms with Gasteiger partial charge < -0.3 is 5.32 Å². The fourth-order valence-electron chi connectivity index (χ4n) is 4.12. The lowest BCUT2D eigenvalue weighted by Gasteiger charge is -2.17. The monoisotopic (exact) mass is 518 g/mol. The Morgan fingerprint density at radius 3 is 2.31 bits per heavy atom. The zero-order valence-electron chi connectivity index (χ0n) is 21.0. The lowest BCUT2D eigenvalue weighted by atomic mass is 9.97. The molecule has 1 amide bonds. The van der Waals surface area contributed by atoms with Crippen LogP contribution in [0.3, 0.4) is 0 Å². The van der Waals surface area contributed by atoms with Crippen molar-refractivity contribution in [2.24, 2.45) is 0 Å². The number of nitrogens with one attached hydrogen (secondary N) is 1. The van der Waals surface area contributed by atoms with Gasteiger partial charge in [-0.15, -0.1) is 10.2 Å². The minimum Gasteiger partial charge on any atom is -0.325 e. The summed E-state index contributed by atoms with van der Waals surface area (Å²) in [5.41, 5.74) is 5.11. The van der Waals surface area contributed by atoms with Crippen LogP contribution >= 0.6 is 23.4 Å². The number of nitrogens with zero attached hydrogens (tertiary/aromatic N) is 3. The molecule has 7 heteroatoms. The largest absolute Gasteiger partial charge is 0.325 e. The summed E-state index contributed by atoms with van der Waals surface area (Å²) in [4.78, 5) is 13.0. The lowest BCUT2D eigenvalue weighted by molar-refractivity contribution is -0.113. The molecule has 0 aliphatic heterocycles. The molecule has 0 saturated heterocycles. The minimum atomic E-state index is -0.0736. The molecule has 186 valence electrons. The summed E-state index contributed by atoms with van der Waals surface area (Å²) in [7, 11) is 0. The van der Waals surface area contributed by atoms with E-state index in [9.17, 15) is 4.79 Å². The molecule has 5 nitrogen and oxygen atoms in total. The highest BCUT2D eigenvalue weighted by atomic mass is 35.5. The van der Waals surface area contributed by atoms with Crippen LogP contribution in [-0.2, 0) is 4.79 Å². The van der Waals surface area contributed by atoms with E-state index in [-0.39, 0.29) is 11.7 Å². The van der Waals surface area contributed by atoms with Crippen molar-refractivity contribution in [1.29, 1.82) is 0 Å². The number of para-hydroxylation sites is 2. The molecule has 36 heavy (non-hydrogen) atoms. The first kappa shape index (κ1) is 26.0. The number of aromatic nitrogens is 3. The highest BCUT2D eigenvalue weighted by Crippen LogP contribution is 2.33. The van der Waals surface area contributed by atoms with E-state index in [4.69, 9.17) is 11.6 Å². The number of anilines is 1. The number of hydrogen-bond acceptors (Lipinski definition) is 4. The molecule has 0 aliphatic carbocycles. The Morgan fingerprint density at radius 2 is 1.61 bits per heavy atom. The molecule has 4 rings (SSSR count). The lowest BCUT2D eigenvalue weighted by Crippen LogP contribution is -2.16. The van der Waals surface area contributed by atoms with E-state index in [0.29, 0.717) is 27.8 Å². The van der Waals surface area contributed by atoms with E-state index in [2.05, 4.69) is 61.4 Å². The molecule has 3 aromatic carbocycles. The maximum Gasteiger partial charge on any atom is 0.234 e. The molecule has 0 saturated carbocycles. The highest BCUT2D eigenvalue weighted by molar-refractivity contribution is 7.99. The quantitative estimate of drug-likeness (QED) is 0.228. The first-order chi connectivity index (χ1) is 17.4. The number of carbonyl (C=O) groups excluding carboxylic acids is 1. The normalized spacial score (nSPS) is 12.1. The first-order valence-electron chi connectivity index (χ1n) is 12.2. The Balaban J connectivity index is 1.64. The van der Waals surface area contributed by atoms with Gasteiger partial charge in [-0.05, 0) is 65.8 Å². The van der Waals surface area contributed by atoms with Gasteiger partial charge >= 0.3 is 0 Å². The summed E-state index contributed by atoms with van der Waals surface area (Å²) in [5.74, 6) is 1.53. The van der Waals surface area contributed by atoms with Gasteiger partial charge in [-0.2, -0.15) is 0 Å². The average molecular weight is 519 g/mol. The van der Waals surface area contributed by atoms with E-state index in [1.54, 1.807) is 0 Å². The number of thioether (sulfide) groups is 1. The van der Waals surface area contributed by atoms with Crippen LogP contribution in [0.4, 0.5) is 5.69 Å². The van der Waals surface area contributed by atoms with Crippen LogP contribution in [0.15, 0.2) is 78.0 Å². The fourth-order valence-corrected chi connectivity index (χ4v) is 4.99. The van der Waals surface area contributed by atoms with Crippen LogP contribution in [-0.4, -0.2) is 26.4 Å². The van der Waals surface area contributed by atoms with Gasteiger partial charge in [-0.25, -0.2) is 0 Å². The van der Waals surface area contributed by atoms with Crippen molar-refractivity contribution < 1.29 is 4.79 Å². The van der Waals surface area contributed by atoms with Crippen molar-refractivity contribution in [3.05, 3.63) is 88.9 Å². The standard InChI is InChI=1S/C29H31ClN4OS/c1-5-20(4)24-11-6-8-12-25(24)31-27(35)18-36-29-33-32-28(21-14-16-22(30)17-15-21)34(29)26-13-9-7-10-23(26)19(2)3/h6-17,19-20H,5,18H2,1-4H3,(H,31,35). The summed E-state index contributed by atoms with van der Waals surface area (Å²) >= 11 is 7.51. The van der Waals surface area contributed by atoms with E-state index in [1.807, 2.05) is 59.2 Å². The average Bonchev–Trinajstić information content (AvgIpc) is 3.31. The molecular formula is C29H31ClN4OS. The maximum absolute atomic E-state index is 13.0. The van der Waals surface area contributed by atoms with Gasteiger partial charge in [-0.3, -0.25) is 9.36 Å². The van der Waals surface area contributed by atoms with Crippen LogP contribution in [0.2, 0.25) is 5.02 Å². The zero-order valence-corrected chi connectivity index (χ0v) is 22.6. The molecule has 1 aromatic heterocycles. The number of amides is 1. The Hall–Kier alpha value is -3.09. The molecule has 4 aromatic rings. The van der Waals surface area contributed by atoms with Gasteiger partial charge in [-0.1, -0.05) is 87.5 Å². The predicted octanol–water partition coefficient (Wildman–Crippen LogP) is 7.96. The molecule has 1 unspecified atom stereocenters. The van der Waals surface area contributed by atoms with Crippen LogP contribution in [0.5, 0.6) is 0 Å². The van der Waals surface area contributed by atoms with Gasteiger partial charge in [0.15, 0.2) is 11.0 Å². The van der Waals surface area contributed by atoms with Crippen molar-refractivity contribution in [2.75, 3.05) is 11.1 Å². The first-order valence-corrected chi connectivity index (χ1v) is 13.6. The van der Waals surface area contributed by atoms with Crippen LogP contribution in [0.25, 0.3) is 17.1 Å². The summed E-state index contributed by atoms with van der Waals surface area (Å²) < 4.78 is 2.05. The second-order valence-corrected chi connectivity index (χ2v) is 10.5. The predicted molar refractivity (Wildman–Crippen MR) is 150 cm³/mol. The van der Waals surface area contributed by atoms with E-state index < -0.39 is 0 Å². The van der Waals surface area contributed by atoms with Crippen LogP contribution in [0.1, 0.15) is 57.1 Å². The summed E-state index contributed by atoms with van der Waals surface area (Å²) in [6, 6.07) is 23.8. The summed E-state index contributed by atoms with van der Waals surface area (Å²) in [6.07, 6.45) is 1.01. The van der Waals surface area contributed by atoms with Gasteiger partial charge in [0.05, 0.1) is 11.4 Å². The molecule has 0 bridgehead atoms. The summed E-state index contributed by atoms with van der Waals surface area (Å²) in [6.45, 7) is 8.66. The van der Waals surface area contributed by atoms with Crippen molar-refractivity contribution >= 4 is 35.0 Å². The van der Waals surface area contributed by atoms with Crippen molar-refractivity contribution in [2.45, 2.75) is 51.1 Å². The molecular weight excluding hydrogens is 488 g/mol. The Morgan fingerprint density at radius 1 is 0.944 bits per heavy atom. The van der Waals surface area contributed by atoms with Crippen LogP contribution < -0.4 is 5.32 Å². The van der Waals surface area contributed by atoms with Gasteiger partial charge in [0.2, 0.25) is 5.91 Å². The minimum absolute atomic E-state index is 0.0736. The molecule has 0 radical (unpaired) electrons. The zero-order chi connectivity index (χ0) is 25.7. The number of rotatable bonds is 9. The Kier molecular flexibility index (Phi) is 8.49. The Bertz CT molecular complexity index is 1330. The number of hydrogen-bond donors (Lipinski definition) is 1. The second-order valence-electron chi connectivity index (χ2n) is 9.10. The molecule has 1 heterocycles. The molecule has 0 aliphatic rings. The molecule has 0 spiro atoms.